The summed E-state index contributed by atoms with van der Waals surface area (Å²) >= 11 is 0. The second-order valence-electron chi connectivity index (χ2n) is 3.48. The van der Waals surface area contributed by atoms with Crippen LogP contribution in [0.25, 0.3) is 0 Å². The van der Waals surface area contributed by atoms with Crippen molar-refractivity contribution in [2.45, 2.75) is 19.3 Å². The second kappa shape index (κ2) is 5.25. The third-order valence-corrected chi connectivity index (χ3v) is 2.53. The van der Waals surface area contributed by atoms with Crippen LogP contribution < -0.4 is 5.32 Å². The summed E-state index contributed by atoms with van der Waals surface area (Å²) in [6, 6.07) is 2.07. The predicted octanol–water partition coefficient (Wildman–Crippen LogP) is 1.37. The Morgan fingerprint density at radius 2 is 2.15 bits per heavy atom. The molecule has 2 rings (SSSR count). The van der Waals surface area contributed by atoms with E-state index in [1.54, 1.807) is 0 Å². The van der Waals surface area contributed by atoms with E-state index in [-0.39, 0.29) is 12.4 Å². The zero-order valence-electron chi connectivity index (χ0n) is 7.62. The van der Waals surface area contributed by atoms with Crippen LogP contribution in [0.1, 0.15) is 18.5 Å². The summed E-state index contributed by atoms with van der Waals surface area (Å²) in [5, 5.41) is 10.3. The van der Waals surface area contributed by atoms with Gasteiger partial charge in [0, 0.05) is 11.9 Å². The molecule has 74 valence electrons. The normalized spacial score (nSPS) is 18.2. The van der Waals surface area contributed by atoms with Crippen molar-refractivity contribution in [3.63, 3.8) is 0 Å². The fourth-order valence-electron chi connectivity index (χ4n) is 1.80. The van der Waals surface area contributed by atoms with Gasteiger partial charge >= 0.3 is 0 Å². The lowest BCUT2D eigenvalue weighted by molar-refractivity contribution is 0.370. The van der Waals surface area contributed by atoms with Crippen molar-refractivity contribution in [1.82, 2.24) is 15.5 Å². The first-order valence-electron chi connectivity index (χ1n) is 4.64. The molecule has 0 spiro atoms. The first-order chi connectivity index (χ1) is 5.95. The van der Waals surface area contributed by atoms with Crippen LogP contribution >= 0.6 is 12.4 Å². The SMILES string of the molecule is Cl.c1cc(CC2CCNCC2)[nH]n1. The number of hydrogen-bond acceptors (Lipinski definition) is 2. The van der Waals surface area contributed by atoms with Gasteiger partial charge in [0.05, 0.1) is 0 Å². The van der Waals surface area contributed by atoms with Crippen LogP contribution in [0.2, 0.25) is 0 Å². The van der Waals surface area contributed by atoms with Gasteiger partial charge in [-0.05, 0) is 44.3 Å². The quantitative estimate of drug-likeness (QED) is 0.759. The van der Waals surface area contributed by atoms with E-state index in [0.29, 0.717) is 0 Å². The zero-order chi connectivity index (χ0) is 8.23. The summed E-state index contributed by atoms with van der Waals surface area (Å²) in [5.41, 5.74) is 1.28. The summed E-state index contributed by atoms with van der Waals surface area (Å²) in [7, 11) is 0. The molecule has 1 aromatic heterocycles. The molecule has 1 aliphatic heterocycles. The number of rotatable bonds is 2. The van der Waals surface area contributed by atoms with Gasteiger partial charge in [-0.1, -0.05) is 0 Å². The molecule has 0 unspecified atom stereocenters. The first-order valence-corrected chi connectivity index (χ1v) is 4.64. The molecule has 4 heteroatoms. The lowest BCUT2D eigenvalue weighted by Gasteiger charge is -2.21. The smallest absolute Gasteiger partial charge is 0.0490 e. The Labute approximate surface area is 84.7 Å². The molecule has 0 aliphatic carbocycles. The molecule has 1 aliphatic rings. The maximum atomic E-state index is 3.95. The van der Waals surface area contributed by atoms with Crippen LogP contribution in [-0.2, 0) is 6.42 Å². The van der Waals surface area contributed by atoms with Crippen LogP contribution in [0.4, 0.5) is 0 Å². The number of hydrogen-bond donors (Lipinski definition) is 2. The van der Waals surface area contributed by atoms with Crippen molar-refractivity contribution in [3.05, 3.63) is 18.0 Å². The highest BCUT2D eigenvalue weighted by Crippen LogP contribution is 2.15. The minimum Gasteiger partial charge on any atom is -0.317 e. The Bertz CT molecular complexity index is 217. The number of aromatic amines is 1. The highest BCUT2D eigenvalue weighted by molar-refractivity contribution is 5.85. The molecule has 0 bridgehead atoms. The third-order valence-electron chi connectivity index (χ3n) is 2.53. The molecular weight excluding hydrogens is 186 g/mol. The Hall–Kier alpha value is -0.540. The highest BCUT2D eigenvalue weighted by Gasteiger charge is 2.13. The van der Waals surface area contributed by atoms with Crippen LogP contribution in [0.3, 0.4) is 0 Å². The van der Waals surface area contributed by atoms with Gasteiger partial charge in [0.2, 0.25) is 0 Å². The van der Waals surface area contributed by atoms with Gasteiger partial charge in [-0.25, -0.2) is 0 Å². The molecule has 0 saturated carbocycles. The zero-order valence-corrected chi connectivity index (χ0v) is 8.44. The first kappa shape index (κ1) is 10.5. The average molecular weight is 202 g/mol. The molecule has 2 heterocycles. The number of nitrogens with one attached hydrogen (secondary N) is 2. The number of aromatic nitrogens is 2. The average Bonchev–Trinajstić information content (AvgIpc) is 2.59. The lowest BCUT2D eigenvalue weighted by Crippen LogP contribution is -2.28. The summed E-state index contributed by atoms with van der Waals surface area (Å²) in [6.45, 7) is 2.36. The van der Waals surface area contributed by atoms with Gasteiger partial charge in [0.25, 0.3) is 0 Å². The predicted molar refractivity (Wildman–Crippen MR) is 55.1 cm³/mol. The fraction of sp³-hybridized carbons (Fsp3) is 0.667. The minimum atomic E-state index is 0. The van der Waals surface area contributed by atoms with Gasteiger partial charge in [0.1, 0.15) is 0 Å². The molecule has 1 aromatic rings. The molecule has 2 N–H and O–H groups in total. The summed E-state index contributed by atoms with van der Waals surface area (Å²) < 4.78 is 0. The van der Waals surface area contributed by atoms with E-state index >= 15 is 0 Å². The molecule has 0 atom stereocenters. The Kier molecular flexibility index (Phi) is 4.25. The molecule has 1 fully saturated rings. The monoisotopic (exact) mass is 201 g/mol. The number of piperidine rings is 1. The molecule has 1 saturated heterocycles. The summed E-state index contributed by atoms with van der Waals surface area (Å²) in [4.78, 5) is 0. The van der Waals surface area contributed by atoms with Crippen molar-refractivity contribution in [1.29, 1.82) is 0 Å². The third kappa shape index (κ3) is 3.01. The maximum Gasteiger partial charge on any atom is 0.0490 e. The van der Waals surface area contributed by atoms with Crippen molar-refractivity contribution in [2.75, 3.05) is 13.1 Å². The van der Waals surface area contributed by atoms with Gasteiger partial charge in [-0.3, -0.25) is 5.10 Å². The molecule has 0 amide bonds. The Balaban J connectivity index is 0.000000845. The molecular formula is C9H16ClN3. The number of halogens is 1. The van der Waals surface area contributed by atoms with Crippen molar-refractivity contribution in [3.8, 4) is 0 Å². The minimum absolute atomic E-state index is 0. The molecule has 13 heavy (non-hydrogen) atoms. The van der Waals surface area contributed by atoms with E-state index < -0.39 is 0 Å². The van der Waals surface area contributed by atoms with E-state index in [2.05, 4.69) is 21.6 Å². The van der Waals surface area contributed by atoms with Crippen molar-refractivity contribution >= 4 is 12.4 Å². The number of H-pyrrole nitrogens is 1. The van der Waals surface area contributed by atoms with E-state index in [9.17, 15) is 0 Å². The molecule has 3 nitrogen and oxygen atoms in total. The van der Waals surface area contributed by atoms with Gasteiger partial charge in [-0.2, -0.15) is 5.10 Å². The number of nitrogens with zero attached hydrogens (tertiary/aromatic N) is 1. The van der Waals surface area contributed by atoms with Crippen LogP contribution in [0, 0.1) is 5.92 Å². The topological polar surface area (TPSA) is 40.7 Å². The van der Waals surface area contributed by atoms with Gasteiger partial charge < -0.3 is 5.32 Å². The largest absolute Gasteiger partial charge is 0.317 e. The van der Waals surface area contributed by atoms with Crippen LogP contribution in [0.15, 0.2) is 12.3 Å². The Morgan fingerprint density at radius 1 is 1.38 bits per heavy atom. The van der Waals surface area contributed by atoms with E-state index in [4.69, 9.17) is 0 Å². The van der Waals surface area contributed by atoms with Crippen LogP contribution in [0.5, 0.6) is 0 Å². The van der Waals surface area contributed by atoms with Gasteiger partial charge in [0.15, 0.2) is 0 Å². The fourth-order valence-corrected chi connectivity index (χ4v) is 1.80. The maximum absolute atomic E-state index is 3.95. The van der Waals surface area contributed by atoms with E-state index in [1.165, 1.54) is 38.0 Å². The second-order valence-corrected chi connectivity index (χ2v) is 3.48. The molecule has 0 aromatic carbocycles. The van der Waals surface area contributed by atoms with E-state index in [1.807, 2.05) is 6.20 Å². The lowest BCUT2D eigenvalue weighted by atomic mass is 9.93. The standard InChI is InChI=1S/C9H15N3.ClH/c1-4-10-5-2-8(1)7-9-3-6-11-12-9;/h3,6,8,10H,1-2,4-5,7H2,(H,11,12);1H. The van der Waals surface area contributed by atoms with Crippen LogP contribution in [-0.4, -0.2) is 23.3 Å². The van der Waals surface area contributed by atoms with Crippen molar-refractivity contribution < 1.29 is 0 Å². The van der Waals surface area contributed by atoms with Crippen molar-refractivity contribution in [2.24, 2.45) is 5.92 Å². The summed E-state index contributed by atoms with van der Waals surface area (Å²) in [6.07, 6.45) is 5.61. The van der Waals surface area contributed by atoms with Gasteiger partial charge in [-0.15, -0.1) is 12.4 Å². The Morgan fingerprint density at radius 3 is 2.77 bits per heavy atom. The molecule has 0 radical (unpaired) electrons. The highest BCUT2D eigenvalue weighted by atomic mass is 35.5. The summed E-state index contributed by atoms with van der Waals surface area (Å²) in [5.74, 6) is 0.853. The van der Waals surface area contributed by atoms with E-state index in [0.717, 1.165) is 5.92 Å².